The molecule has 0 N–H and O–H groups in total. The van der Waals surface area contributed by atoms with Gasteiger partial charge in [0.05, 0.1) is 23.8 Å². The fourth-order valence-corrected chi connectivity index (χ4v) is 2.55. The van der Waals surface area contributed by atoms with E-state index < -0.39 is 15.0 Å². The summed E-state index contributed by atoms with van der Waals surface area (Å²) in [6, 6.07) is 0.0839. The second-order valence-electron chi connectivity index (χ2n) is 4.82. The highest BCUT2D eigenvalue weighted by molar-refractivity contribution is 7.85. The lowest BCUT2D eigenvalue weighted by Crippen LogP contribution is -2.31. The number of aryl methyl sites for hydroxylation is 1. The summed E-state index contributed by atoms with van der Waals surface area (Å²) in [5.74, 6) is 0.156. The van der Waals surface area contributed by atoms with Gasteiger partial charge in [0.2, 0.25) is 0 Å². The van der Waals surface area contributed by atoms with E-state index >= 15 is 0 Å². The number of nitrogens with zero attached hydrogens (tertiary/aromatic N) is 3. The second-order valence-corrected chi connectivity index (χ2v) is 6.46. The normalized spacial score (nSPS) is 23.1. The lowest BCUT2D eigenvalue weighted by atomic mass is 9.81. The molecule has 1 aromatic heterocycles. The first-order valence-electron chi connectivity index (χ1n) is 5.81. The van der Waals surface area contributed by atoms with Crippen molar-refractivity contribution in [1.29, 1.82) is 0 Å². The van der Waals surface area contributed by atoms with Crippen molar-refractivity contribution in [3.8, 4) is 0 Å². The molecule has 0 aromatic carbocycles. The summed E-state index contributed by atoms with van der Waals surface area (Å²) in [7, 11) is -3.40. The molecule has 19 heavy (non-hydrogen) atoms. The minimum absolute atomic E-state index is 0.0100. The van der Waals surface area contributed by atoms with Gasteiger partial charge in [-0.2, -0.15) is 13.5 Å². The van der Waals surface area contributed by atoms with Crippen LogP contribution in [0.5, 0.6) is 0 Å². The summed E-state index contributed by atoms with van der Waals surface area (Å²) in [6.07, 6.45) is 3.87. The van der Waals surface area contributed by atoms with Crippen molar-refractivity contribution < 1.29 is 17.5 Å². The van der Waals surface area contributed by atoms with Gasteiger partial charge < -0.3 is 0 Å². The van der Waals surface area contributed by atoms with Gasteiger partial charge in [-0.15, -0.1) is 0 Å². The molecule has 0 saturated heterocycles. The molecule has 0 amide bonds. The molecule has 1 fully saturated rings. The highest BCUT2D eigenvalue weighted by Gasteiger charge is 2.33. The Morgan fingerprint density at radius 3 is 2.68 bits per heavy atom. The fourth-order valence-electron chi connectivity index (χ4n) is 2.11. The van der Waals surface area contributed by atoms with E-state index in [1.807, 2.05) is 0 Å². The highest BCUT2D eigenvalue weighted by Crippen LogP contribution is 2.38. The van der Waals surface area contributed by atoms with Crippen LogP contribution in [0.2, 0.25) is 0 Å². The summed E-state index contributed by atoms with van der Waals surface area (Å²) in [6.45, 7) is 1.76. The molecule has 0 radical (unpaired) electrons. The molecular weight excluding hydrogens is 274 g/mol. The standard InChI is InChI=1S/C10H15N3O5S/c1-7-10(13(14)15)5-12(11-7)9-3-8(4-9)6-18-19(2,16)17/h5,8-9H,3-4,6H2,1-2H3. The van der Waals surface area contributed by atoms with Crippen LogP contribution < -0.4 is 0 Å². The van der Waals surface area contributed by atoms with Crippen LogP contribution in [0.25, 0.3) is 0 Å². The SMILES string of the molecule is Cc1nn(C2CC(COS(C)(=O)=O)C2)cc1[N+](=O)[O-]. The molecular formula is C10H15N3O5S. The number of hydrogen-bond acceptors (Lipinski definition) is 6. The van der Waals surface area contributed by atoms with Crippen LogP contribution in [-0.4, -0.2) is 36.0 Å². The van der Waals surface area contributed by atoms with Gasteiger partial charge in [0.1, 0.15) is 11.9 Å². The average Bonchev–Trinajstić information content (AvgIpc) is 2.56. The molecule has 9 heteroatoms. The first kappa shape index (κ1) is 13.9. The van der Waals surface area contributed by atoms with Gasteiger partial charge in [0, 0.05) is 0 Å². The van der Waals surface area contributed by atoms with Crippen molar-refractivity contribution in [2.75, 3.05) is 12.9 Å². The van der Waals surface area contributed by atoms with E-state index in [4.69, 9.17) is 4.18 Å². The lowest BCUT2D eigenvalue weighted by molar-refractivity contribution is -0.385. The minimum atomic E-state index is -3.40. The van der Waals surface area contributed by atoms with E-state index in [-0.39, 0.29) is 24.3 Å². The topological polar surface area (TPSA) is 104 Å². The number of aromatic nitrogens is 2. The molecule has 0 spiro atoms. The Morgan fingerprint density at radius 2 is 2.21 bits per heavy atom. The number of hydrogen-bond donors (Lipinski definition) is 0. The minimum Gasteiger partial charge on any atom is -0.270 e. The molecule has 1 saturated carbocycles. The van der Waals surface area contributed by atoms with Crippen LogP contribution in [0, 0.1) is 23.0 Å². The average molecular weight is 289 g/mol. The Balaban J connectivity index is 1.90. The number of nitro groups is 1. The Hall–Kier alpha value is -1.48. The van der Waals surface area contributed by atoms with Crippen LogP contribution in [0.15, 0.2) is 6.20 Å². The molecule has 1 aliphatic rings. The van der Waals surface area contributed by atoms with Crippen LogP contribution in [0.4, 0.5) is 5.69 Å². The van der Waals surface area contributed by atoms with Crippen molar-refractivity contribution in [3.63, 3.8) is 0 Å². The summed E-state index contributed by atoms with van der Waals surface area (Å²) in [5.41, 5.74) is 0.400. The predicted octanol–water partition coefficient (Wildman–Crippen LogP) is 1.03. The maximum Gasteiger partial charge on any atom is 0.309 e. The van der Waals surface area contributed by atoms with Crippen LogP contribution >= 0.6 is 0 Å². The zero-order valence-electron chi connectivity index (χ0n) is 10.6. The van der Waals surface area contributed by atoms with Gasteiger partial charge in [-0.1, -0.05) is 0 Å². The molecule has 2 rings (SSSR count). The van der Waals surface area contributed by atoms with Gasteiger partial charge >= 0.3 is 5.69 Å². The second kappa shape index (κ2) is 4.89. The smallest absolute Gasteiger partial charge is 0.270 e. The molecule has 8 nitrogen and oxygen atoms in total. The van der Waals surface area contributed by atoms with Gasteiger partial charge in [-0.25, -0.2) is 0 Å². The molecule has 0 atom stereocenters. The van der Waals surface area contributed by atoms with Gasteiger partial charge in [-0.05, 0) is 25.7 Å². The van der Waals surface area contributed by atoms with Crippen molar-refractivity contribution in [3.05, 3.63) is 22.0 Å². The molecule has 0 aliphatic heterocycles. The third-order valence-corrected chi connectivity index (χ3v) is 3.75. The number of rotatable bonds is 5. The Morgan fingerprint density at radius 1 is 1.58 bits per heavy atom. The van der Waals surface area contributed by atoms with Crippen LogP contribution in [0.1, 0.15) is 24.6 Å². The van der Waals surface area contributed by atoms with Crippen LogP contribution in [-0.2, 0) is 14.3 Å². The Kier molecular flexibility index (Phi) is 3.59. The molecule has 106 valence electrons. The van der Waals surface area contributed by atoms with Gasteiger partial charge in [-0.3, -0.25) is 19.0 Å². The fraction of sp³-hybridized carbons (Fsp3) is 0.700. The van der Waals surface area contributed by atoms with Gasteiger partial charge in [0.15, 0.2) is 0 Å². The molecule has 1 aliphatic carbocycles. The molecule has 1 heterocycles. The maximum absolute atomic E-state index is 10.8. The van der Waals surface area contributed by atoms with Crippen LogP contribution in [0.3, 0.4) is 0 Å². The molecule has 0 unspecified atom stereocenters. The van der Waals surface area contributed by atoms with Crippen molar-refractivity contribution in [2.24, 2.45) is 5.92 Å². The third kappa shape index (κ3) is 3.29. The van der Waals surface area contributed by atoms with E-state index in [1.54, 1.807) is 11.6 Å². The molecule has 0 bridgehead atoms. The first-order valence-corrected chi connectivity index (χ1v) is 7.62. The van der Waals surface area contributed by atoms with Crippen molar-refractivity contribution >= 4 is 15.8 Å². The zero-order valence-corrected chi connectivity index (χ0v) is 11.5. The summed E-state index contributed by atoms with van der Waals surface area (Å²) >= 11 is 0. The van der Waals surface area contributed by atoms with E-state index in [9.17, 15) is 18.5 Å². The lowest BCUT2D eigenvalue weighted by Gasteiger charge is -2.34. The van der Waals surface area contributed by atoms with Crippen molar-refractivity contribution in [1.82, 2.24) is 9.78 Å². The largest absolute Gasteiger partial charge is 0.309 e. The monoisotopic (exact) mass is 289 g/mol. The maximum atomic E-state index is 10.8. The summed E-state index contributed by atoms with van der Waals surface area (Å²) < 4.78 is 28.0. The highest BCUT2D eigenvalue weighted by atomic mass is 32.2. The summed E-state index contributed by atoms with van der Waals surface area (Å²) in [4.78, 5) is 10.3. The Labute approximate surface area is 110 Å². The third-order valence-electron chi connectivity index (χ3n) is 3.19. The van der Waals surface area contributed by atoms with E-state index in [2.05, 4.69) is 5.10 Å². The first-order chi connectivity index (χ1) is 8.76. The zero-order chi connectivity index (χ0) is 14.2. The van der Waals surface area contributed by atoms with E-state index in [0.29, 0.717) is 18.5 Å². The molecule has 1 aromatic rings. The quantitative estimate of drug-likeness (QED) is 0.455. The van der Waals surface area contributed by atoms with E-state index in [0.717, 1.165) is 6.26 Å². The van der Waals surface area contributed by atoms with Gasteiger partial charge in [0.25, 0.3) is 10.1 Å². The van der Waals surface area contributed by atoms with E-state index in [1.165, 1.54) is 6.20 Å². The Bertz CT molecular complexity index is 588. The predicted molar refractivity (Wildman–Crippen MR) is 66.2 cm³/mol. The van der Waals surface area contributed by atoms with Crippen molar-refractivity contribution in [2.45, 2.75) is 25.8 Å². The summed E-state index contributed by atoms with van der Waals surface area (Å²) in [5, 5.41) is 14.8.